The van der Waals surface area contributed by atoms with Gasteiger partial charge in [0.1, 0.15) is 5.92 Å². The lowest BCUT2D eigenvalue weighted by atomic mass is 9.77. The average molecular weight is 475 g/mol. The van der Waals surface area contributed by atoms with E-state index in [2.05, 4.69) is 4.72 Å². The average Bonchev–Trinajstić information content (AvgIpc) is 2.99. The number of carbonyl (C=O) groups excluding carboxylic acids is 1. The maximum atomic E-state index is 12.8. The lowest BCUT2D eigenvalue weighted by molar-refractivity contribution is -0.149. The topological polar surface area (TPSA) is 96.3 Å². The SMILES string of the molecule is CCS(=O)(=O)Nc1cccc(-c2cc(C)c(C3C(=N)C4(CCCCC4)OC3=O)cc2Cl)c1. The summed E-state index contributed by atoms with van der Waals surface area (Å²) in [4.78, 5) is 12.8. The Morgan fingerprint density at radius 2 is 1.91 bits per heavy atom. The second kappa shape index (κ2) is 8.52. The van der Waals surface area contributed by atoms with E-state index in [1.165, 1.54) is 0 Å². The van der Waals surface area contributed by atoms with E-state index in [1.807, 2.05) is 19.1 Å². The molecule has 4 rings (SSSR count). The molecule has 1 saturated heterocycles. The zero-order valence-corrected chi connectivity index (χ0v) is 19.8. The number of carbonyl (C=O) groups is 1. The van der Waals surface area contributed by atoms with Gasteiger partial charge in [-0.1, -0.05) is 30.2 Å². The highest BCUT2D eigenvalue weighted by atomic mass is 35.5. The van der Waals surface area contributed by atoms with Crippen LogP contribution < -0.4 is 4.72 Å². The van der Waals surface area contributed by atoms with E-state index in [0.717, 1.165) is 36.0 Å². The summed E-state index contributed by atoms with van der Waals surface area (Å²) in [7, 11) is -3.39. The highest BCUT2D eigenvalue weighted by Gasteiger charge is 2.53. The molecule has 1 heterocycles. The Morgan fingerprint density at radius 3 is 2.59 bits per heavy atom. The highest BCUT2D eigenvalue weighted by Crippen LogP contribution is 2.45. The van der Waals surface area contributed by atoms with Gasteiger partial charge >= 0.3 is 5.97 Å². The molecule has 2 fully saturated rings. The summed E-state index contributed by atoms with van der Waals surface area (Å²) in [5.74, 6) is -1.13. The number of anilines is 1. The highest BCUT2D eigenvalue weighted by molar-refractivity contribution is 7.92. The minimum absolute atomic E-state index is 0.0171. The van der Waals surface area contributed by atoms with Crippen LogP contribution in [0.4, 0.5) is 5.69 Å². The fourth-order valence-corrected chi connectivity index (χ4v) is 5.61. The van der Waals surface area contributed by atoms with Crippen LogP contribution >= 0.6 is 11.6 Å². The molecule has 0 radical (unpaired) electrons. The molecule has 1 saturated carbocycles. The van der Waals surface area contributed by atoms with Crippen LogP contribution in [0.5, 0.6) is 0 Å². The smallest absolute Gasteiger partial charge is 0.320 e. The molecular weight excluding hydrogens is 448 g/mol. The predicted molar refractivity (Wildman–Crippen MR) is 127 cm³/mol. The molecular formula is C24H27ClN2O4S. The van der Waals surface area contributed by atoms with Gasteiger partial charge in [-0.2, -0.15) is 0 Å². The number of hydrogen-bond acceptors (Lipinski definition) is 5. The molecule has 32 heavy (non-hydrogen) atoms. The first-order chi connectivity index (χ1) is 15.2. The van der Waals surface area contributed by atoms with Crippen LogP contribution in [-0.2, 0) is 19.6 Å². The molecule has 6 nitrogen and oxygen atoms in total. The number of aryl methyl sites for hydroxylation is 1. The minimum atomic E-state index is -3.39. The van der Waals surface area contributed by atoms with Gasteiger partial charge in [0.15, 0.2) is 5.60 Å². The molecule has 2 aromatic rings. The van der Waals surface area contributed by atoms with Gasteiger partial charge < -0.3 is 10.1 Å². The zero-order chi connectivity index (χ0) is 23.1. The van der Waals surface area contributed by atoms with Gasteiger partial charge in [0.2, 0.25) is 10.0 Å². The maximum absolute atomic E-state index is 12.8. The van der Waals surface area contributed by atoms with E-state index in [9.17, 15) is 13.2 Å². The predicted octanol–water partition coefficient (Wildman–Crippen LogP) is 5.44. The van der Waals surface area contributed by atoms with Crippen molar-refractivity contribution in [3.63, 3.8) is 0 Å². The number of ether oxygens (including phenoxy) is 1. The second-order valence-electron chi connectivity index (χ2n) is 8.60. The number of rotatable bonds is 5. The molecule has 2 aromatic carbocycles. The molecule has 1 spiro atoms. The van der Waals surface area contributed by atoms with Gasteiger partial charge in [0.25, 0.3) is 0 Å². The van der Waals surface area contributed by atoms with Crippen molar-refractivity contribution in [2.75, 3.05) is 10.5 Å². The molecule has 0 amide bonds. The Hall–Kier alpha value is -2.38. The third-order valence-electron chi connectivity index (χ3n) is 6.47. The largest absolute Gasteiger partial charge is 0.452 e. The van der Waals surface area contributed by atoms with Crippen molar-refractivity contribution in [3.8, 4) is 11.1 Å². The molecule has 2 N–H and O–H groups in total. The lowest BCUT2D eigenvalue weighted by Crippen LogP contribution is -2.38. The van der Waals surface area contributed by atoms with E-state index >= 15 is 0 Å². The molecule has 8 heteroatoms. The molecule has 170 valence electrons. The van der Waals surface area contributed by atoms with E-state index in [1.54, 1.807) is 31.2 Å². The number of benzene rings is 2. The summed E-state index contributed by atoms with van der Waals surface area (Å²) < 4.78 is 32.2. The standard InChI is InChI=1S/C24H27ClN2O4S/c1-3-32(29,30)27-17-9-7-8-16(13-17)19-12-15(2)18(14-20(19)25)21-22(26)24(31-23(21)28)10-5-4-6-11-24/h7-9,12-14,21,26-27H,3-6,10-11H2,1-2H3. The first kappa shape index (κ1) is 22.8. The van der Waals surface area contributed by atoms with Gasteiger partial charge in [0.05, 0.1) is 11.5 Å². The van der Waals surface area contributed by atoms with Crippen molar-refractivity contribution in [3.05, 3.63) is 52.5 Å². The Bertz CT molecular complexity index is 1190. The van der Waals surface area contributed by atoms with Crippen LogP contribution in [0, 0.1) is 12.3 Å². The molecule has 1 atom stereocenters. The van der Waals surface area contributed by atoms with Crippen molar-refractivity contribution >= 4 is 39.0 Å². The number of sulfonamides is 1. The number of hydrogen-bond donors (Lipinski definition) is 2. The molecule has 1 aliphatic carbocycles. The van der Waals surface area contributed by atoms with E-state index in [-0.39, 0.29) is 11.7 Å². The van der Waals surface area contributed by atoms with E-state index in [0.29, 0.717) is 34.8 Å². The normalized spacial score (nSPS) is 20.4. The third-order valence-corrected chi connectivity index (χ3v) is 8.09. The van der Waals surface area contributed by atoms with Gasteiger partial charge in [0, 0.05) is 16.3 Å². The molecule has 0 aromatic heterocycles. The Kier molecular flexibility index (Phi) is 6.07. The molecule has 2 aliphatic rings. The van der Waals surface area contributed by atoms with Gasteiger partial charge in [-0.05, 0) is 80.5 Å². The van der Waals surface area contributed by atoms with Crippen molar-refractivity contribution in [2.45, 2.75) is 57.5 Å². The summed E-state index contributed by atoms with van der Waals surface area (Å²) in [6, 6.07) is 10.7. The summed E-state index contributed by atoms with van der Waals surface area (Å²) >= 11 is 6.64. The van der Waals surface area contributed by atoms with Gasteiger partial charge in [-0.15, -0.1) is 0 Å². The van der Waals surface area contributed by atoms with Crippen molar-refractivity contribution < 1.29 is 17.9 Å². The van der Waals surface area contributed by atoms with Crippen LogP contribution in [0.1, 0.15) is 56.1 Å². The third kappa shape index (κ3) is 4.16. The summed E-state index contributed by atoms with van der Waals surface area (Å²) in [6.45, 7) is 3.47. The van der Waals surface area contributed by atoms with Crippen LogP contribution in [0.3, 0.4) is 0 Å². The Balaban J connectivity index is 1.68. The van der Waals surface area contributed by atoms with Gasteiger partial charge in [-0.3, -0.25) is 9.52 Å². The first-order valence-electron chi connectivity index (χ1n) is 10.9. The fraction of sp³-hybridized carbons (Fsp3) is 0.417. The molecule has 1 aliphatic heterocycles. The lowest BCUT2D eigenvalue weighted by Gasteiger charge is -2.31. The van der Waals surface area contributed by atoms with Crippen molar-refractivity contribution in [1.82, 2.24) is 0 Å². The van der Waals surface area contributed by atoms with E-state index in [4.69, 9.17) is 21.7 Å². The van der Waals surface area contributed by atoms with Crippen LogP contribution in [-0.4, -0.2) is 31.5 Å². The second-order valence-corrected chi connectivity index (χ2v) is 11.0. The monoisotopic (exact) mass is 474 g/mol. The number of nitrogens with one attached hydrogen (secondary N) is 2. The van der Waals surface area contributed by atoms with E-state index < -0.39 is 21.5 Å². The molecule has 1 unspecified atom stereocenters. The zero-order valence-electron chi connectivity index (χ0n) is 18.2. The summed E-state index contributed by atoms with van der Waals surface area (Å²) in [5, 5.41) is 9.21. The van der Waals surface area contributed by atoms with Crippen molar-refractivity contribution in [2.24, 2.45) is 0 Å². The molecule has 0 bridgehead atoms. The quantitative estimate of drug-likeness (QED) is 0.564. The Morgan fingerprint density at radius 1 is 1.19 bits per heavy atom. The van der Waals surface area contributed by atoms with Crippen molar-refractivity contribution in [1.29, 1.82) is 5.41 Å². The number of halogens is 1. The summed E-state index contributed by atoms with van der Waals surface area (Å²) in [5.41, 5.74) is 3.06. The van der Waals surface area contributed by atoms with Crippen LogP contribution in [0.2, 0.25) is 5.02 Å². The first-order valence-corrected chi connectivity index (χ1v) is 12.9. The Labute approximate surface area is 193 Å². The summed E-state index contributed by atoms with van der Waals surface area (Å²) in [6.07, 6.45) is 4.43. The van der Waals surface area contributed by atoms with Crippen LogP contribution in [0.25, 0.3) is 11.1 Å². The maximum Gasteiger partial charge on any atom is 0.320 e. The van der Waals surface area contributed by atoms with Gasteiger partial charge in [-0.25, -0.2) is 8.42 Å². The fourth-order valence-electron chi connectivity index (χ4n) is 4.70. The number of esters is 1. The van der Waals surface area contributed by atoms with Crippen LogP contribution in [0.15, 0.2) is 36.4 Å². The minimum Gasteiger partial charge on any atom is -0.452 e.